The van der Waals surface area contributed by atoms with Crippen LogP contribution in [-0.4, -0.2) is 5.97 Å². The smallest absolute Gasteiger partial charge is 0.343 e. The molecular weight excluding hydrogens is 212 g/mol. The lowest BCUT2D eigenvalue weighted by atomic mass is 10.2. The van der Waals surface area contributed by atoms with Gasteiger partial charge in [0, 0.05) is 0 Å². The Morgan fingerprint density at radius 2 is 1.65 bits per heavy atom. The van der Waals surface area contributed by atoms with E-state index in [2.05, 4.69) is 6.92 Å². The molecule has 0 saturated carbocycles. The van der Waals surface area contributed by atoms with Crippen LogP contribution in [-0.2, 0) is 6.42 Å². The van der Waals surface area contributed by atoms with Crippen LogP contribution >= 0.6 is 0 Å². The molecular formula is C15H13O2. The Kier molecular flexibility index (Phi) is 3.55. The first-order valence-electron chi connectivity index (χ1n) is 5.45. The molecule has 0 bridgehead atoms. The molecule has 0 heterocycles. The molecule has 2 rings (SSSR count). The van der Waals surface area contributed by atoms with Gasteiger partial charge in [0.2, 0.25) is 0 Å². The monoisotopic (exact) mass is 225 g/mol. The molecule has 0 N–H and O–H groups in total. The summed E-state index contributed by atoms with van der Waals surface area (Å²) < 4.78 is 5.24. The summed E-state index contributed by atoms with van der Waals surface area (Å²) in [6.07, 6.45) is 0.729. The second-order valence-corrected chi connectivity index (χ2v) is 3.65. The van der Waals surface area contributed by atoms with Crippen molar-refractivity contribution in [2.75, 3.05) is 0 Å². The van der Waals surface area contributed by atoms with Crippen LogP contribution in [0.5, 0.6) is 5.75 Å². The largest absolute Gasteiger partial charge is 0.423 e. The van der Waals surface area contributed by atoms with Crippen molar-refractivity contribution in [1.29, 1.82) is 0 Å². The molecule has 0 spiro atoms. The van der Waals surface area contributed by atoms with Gasteiger partial charge >= 0.3 is 5.97 Å². The molecule has 17 heavy (non-hydrogen) atoms. The van der Waals surface area contributed by atoms with Crippen LogP contribution in [0.25, 0.3) is 0 Å². The van der Waals surface area contributed by atoms with Gasteiger partial charge in [0.25, 0.3) is 0 Å². The first kappa shape index (κ1) is 11.4. The van der Waals surface area contributed by atoms with Crippen LogP contribution in [0.2, 0.25) is 0 Å². The van der Waals surface area contributed by atoms with Gasteiger partial charge in [-0.2, -0.15) is 0 Å². The van der Waals surface area contributed by atoms with Gasteiger partial charge in [0.15, 0.2) is 0 Å². The summed E-state index contributed by atoms with van der Waals surface area (Å²) in [5.41, 5.74) is 1.67. The highest BCUT2D eigenvalue weighted by molar-refractivity contribution is 5.90. The molecule has 1 radical (unpaired) electrons. The number of ether oxygens (including phenoxy) is 1. The van der Waals surface area contributed by atoms with Crippen LogP contribution in [0, 0.1) is 6.92 Å². The van der Waals surface area contributed by atoms with Crippen molar-refractivity contribution in [3.8, 4) is 5.75 Å². The lowest BCUT2D eigenvalue weighted by Gasteiger charge is -2.04. The van der Waals surface area contributed by atoms with Crippen molar-refractivity contribution in [3.05, 3.63) is 72.6 Å². The molecule has 0 aromatic heterocycles. The van der Waals surface area contributed by atoms with Crippen molar-refractivity contribution in [3.63, 3.8) is 0 Å². The van der Waals surface area contributed by atoms with E-state index in [-0.39, 0.29) is 5.97 Å². The Labute approximate surface area is 101 Å². The lowest BCUT2D eigenvalue weighted by Crippen LogP contribution is -2.07. The van der Waals surface area contributed by atoms with Crippen molar-refractivity contribution >= 4 is 5.97 Å². The number of hydrogen-bond donors (Lipinski definition) is 0. The normalized spacial score (nSPS) is 9.94. The van der Waals surface area contributed by atoms with Crippen LogP contribution in [0.3, 0.4) is 0 Å². The fraction of sp³-hybridized carbons (Fsp3) is 0.0667. The Morgan fingerprint density at radius 3 is 2.24 bits per heavy atom. The lowest BCUT2D eigenvalue weighted by molar-refractivity contribution is 0.0735. The Morgan fingerprint density at radius 1 is 1.00 bits per heavy atom. The summed E-state index contributed by atoms with van der Waals surface area (Å²) in [5, 5.41) is 0. The highest BCUT2D eigenvalue weighted by atomic mass is 16.5. The summed E-state index contributed by atoms with van der Waals surface area (Å²) >= 11 is 0. The second-order valence-electron chi connectivity index (χ2n) is 3.65. The first-order chi connectivity index (χ1) is 8.29. The van der Waals surface area contributed by atoms with Crippen LogP contribution < -0.4 is 4.74 Å². The van der Waals surface area contributed by atoms with Crippen molar-refractivity contribution in [1.82, 2.24) is 0 Å². The Hall–Kier alpha value is -2.09. The van der Waals surface area contributed by atoms with E-state index in [9.17, 15) is 4.79 Å². The number of benzene rings is 2. The standard InChI is InChI=1S/C15H13O2/c1-2-12-8-10-14(11-9-12)17-15(16)13-6-4-3-5-7-13/h3-11H,1-2H2. The predicted octanol–water partition coefficient (Wildman–Crippen LogP) is 3.28. The highest BCUT2D eigenvalue weighted by Crippen LogP contribution is 2.14. The van der Waals surface area contributed by atoms with E-state index >= 15 is 0 Å². The third kappa shape index (κ3) is 2.94. The topological polar surface area (TPSA) is 26.3 Å². The van der Waals surface area contributed by atoms with Gasteiger partial charge in [-0.15, -0.1) is 0 Å². The Bertz CT molecular complexity index is 486. The van der Waals surface area contributed by atoms with Crippen molar-refractivity contribution in [2.24, 2.45) is 0 Å². The minimum atomic E-state index is -0.340. The maximum atomic E-state index is 11.7. The first-order valence-corrected chi connectivity index (χ1v) is 5.45. The fourth-order valence-electron chi connectivity index (χ4n) is 1.46. The summed E-state index contributed by atoms with van der Waals surface area (Å²) in [6.45, 7) is 3.79. The summed E-state index contributed by atoms with van der Waals surface area (Å²) in [7, 11) is 0. The quantitative estimate of drug-likeness (QED) is 0.592. The fourth-order valence-corrected chi connectivity index (χ4v) is 1.46. The van der Waals surface area contributed by atoms with Crippen LogP contribution in [0.4, 0.5) is 0 Å². The maximum absolute atomic E-state index is 11.7. The number of rotatable bonds is 3. The predicted molar refractivity (Wildman–Crippen MR) is 66.9 cm³/mol. The zero-order chi connectivity index (χ0) is 12.1. The van der Waals surface area contributed by atoms with Gasteiger partial charge in [0.05, 0.1) is 5.56 Å². The SMILES string of the molecule is [CH2]Cc1ccc(OC(=O)c2ccccc2)cc1. The zero-order valence-electron chi connectivity index (χ0n) is 9.43. The number of carbonyl (C=O) groups excluding carboxylic acids is 1. The molecule has 0 aliphatic rings. The summed E-state index contributed by atoms with van der Waals surface area (Å²) in [6, 6.07) is 16.3. The minimum absolute atomic E-state index is 0.340. The third-order valence-electron chi connectivity index (χ3n) is 2.43. The van der Waals surface area contributed by atoms with E-state index in [0.29, 0.717) is 11.3 Å². The average Bonchev–Trinajstić information content (AvgIpc) is 2.40. The van der Waals surface area contributed by atoms with E-state index in [1.807, 2.05) is 30.3 Å². The molecule has 2 nitrogen and oxygen atoms in total. The molecule has 0 unspecified atom stereocenters. The van der Waals surface area contributed by atoms with Crippen LogP contribution in [0.1, 0.15) is 15.9 Å². The highest BCUT2D eigenvalue weighted by Gasteiger charge is 2.06. The molecule has 0 aliphatic carbocycles. The molecule has 0 aliphatic heterocycles. The van der Waals surface area contributed by atoms with Crippen LogP contribution in [0.15, 0.2) is 54.6 Å². The zero-order valence-corrected chi connectivity index (χ0v) is 9.43. The van der Waals surface area contributed by atoms with E-state index < -0.39 is 0 Å². The van der Waals surface area contributed by atoms with Gasteiger partial charge < -0.3 is 4.74 Å². The minimum Gasteiger partial charge on any atom is -0.423 e. The average molecular weight is 225 g/mol. The van der Waals surface area contributed by atoms with Crippen molar-refractivity contribution < 1.29 is 9.53 Å². The Balaban J connectivity index is 2.08. The number of carbonyl (C=O) groups is 1. The van der Waals surface area contributed by atoms with Gasteiger partial charge in [-0.1, -0.05) is 30.3 Å². The molecule has 0 fully saturated rings. The molecule has 0 amide bonds. The van der Waals surface area contributed by atoms with E-state index in [4.69, 9.17) is 4.74 Å². The van der Waals surface area contributed by atoms with Crippen molar-refractivity contribution in [2.45, 2.75) is 6.42 Å². The number of hydrogen-bond acceptors (Lipinski definition) is 2. The maximum Gasteiger partial charge on any atom is 0.343 e. The van der Waals surface area contributed by atoms with E-state index in [1.54, 1.807) is 24.3 Å². The summed E-state index contributed by atoms with van der Waals surface area (Å²) in [5.74, 6) is 0.212. The third-order valence-corrected chi connectivity index (χ3v) is 2.43. The van der Waals surface area contributed by atoms with Gasteiger partial charge in [-0.05, 0) is 43.2 Å². The molecule has 0 atom stereocenters. The number of esters is 1. The molecule has 85 valence electrons. The molecule has 2 aromatic rings. The molecule has 0 saturated heterocycles. The van der Waals surface area contributed by atoms with Gasteiger partial charge in [-0.3, -0.25) is 0 Å². The van der Waals surface area contributed by atoms with Gasteiger partial charge in [-0.25, -0.2) is 4.79 Å². The second kappa shape index (κ2) is 5.30. The molecule has 2 heteroatoms. The summed E-state index contributed by atoms with van der Waals surface area (Å²) in [4.78, 5) is 11.7. The van der Waals surface area contributed by atoms with E-state index in [1.165, 1.54) is 0 Å². The van der Waals surface area contributed by atoms with Gasteiger partial charge in [0.1, 0.15) is 5.75 Å². The molecule has 2 aromatic carbocycles. The van der Waals surface area contributed by atoms with E-state index in [0.717, 1.165) is 12.0 Å².